The second-order valence-electron chi connectivity index (χ2n) is 3.55. The number of sulfonamides is 1. The molecule has 5 heteroatoms. The lowest BCUT2D eigenvalue weighted by molar-refractivity contribution is -0.212. The highest BCUT2D eigenvalue weighted by atomic mass is 32.2. The molecule has 0 aliphatic heterocycles. The molecule has 0 radical (unpaired) electrons. The Bertz CT molecular complexity index is 649. The van der Waals surface area contributed by atoms with Crippen molar-refractivity contribution in [3.05, 3.63) is 66.2 Å². The lowest BCUT2D eigenvalue weighted by Gasteiger charge is -2.10. The maximum absolute atomic E-state index is 11.8. The summed E-state index contributed by atoms with van der Waals surface area (Å²) in [7, 11) is -3.93. The topological polar surface area (TPSA) is 69.6 Å². The first-order chi connectivity index (χ1) is 8.59. The Hall–Kier alpha value is -2.14. The van der Waals surface area contributed by atoms with E-state index in [0.29, 0.717) is 0 Å². The lowest BCUT2D eigenvalue weighted by Crippen LogP contribution is -2.20. The molecule has 0 saturated carbocycles. The summed E-state index contributed by atoms with van der Waals surface area (Å²) in [4.78, 5) is 0.00859. The quantitative estimate of drug-likeness (QED) is 0.614. The Morgan fingerprint density at radius 3 is 1.94 bits per heavy atom. The number of hydrogen-bond donors (Lipinski definition) is 0. The van der Waals surface area contributed by atoms with Gasteiger partial charge in [0.15, 0.2) is 0 Å². The summed E-state index contributed by atoms with van der Waals surface area (Å²) < 4.78 is 26.9. The number of nitrogens with zero attached hydrogens (tertiary/aromatic N) is 1. The summed E-state index contributed by atoms with van der Waals surface area (Å²) >= 11 is 0. The Morgan fingerprint density at radius 2 is 1.39 bits per heavy atom. The minimum atomic E-state index is -3.93. The van der Waals surface area contributed by atoms with Crippen molar-refractivity contribution in [3.63, 3.8) is 0 Å². The molecule has 2 rings (SSSR count). The van der Waals surface area contributed by atoms with Crippen LogP contribution in [0.15, 0.2) is 70.0 Å². The third-order valence-electron chi connectivity index (χ3n) is 2.26. The molecule has 0 fully saturated rings. The molecule has 0 atom stereocenters. The van der Waals surface area contributed by atoms with Crippen molar-refractivity contribution in [2.24, 2.45) is 4.40 Å². The first kappa shape index (κ1) is 12.3. The number of hydrogen-bond acceptors (Lipinski definition) is 3. The van der Waals surface area contributed by atoms with Crippen LogP contribution in [0.2, 0.25) is 0 Å². The highest BCUT2D eigenvalue weighted by molar-refractivity contribution is 7.90. The van der Waals surface area contributed by atoms with Gasteiger partial charge in [-0.3, -0.25) is 0 Å². The van der Waals surface area contributed by atoms with Crippen LogP contribution in [0.4, 0.5) is 0 Å². The molecule has 18 heavy (non-hydrogen) atoms. The predicted octanol–water partition coefficient (Wildman–Crippen LogP) is 1.18. The first-order valence-corrected chi connectivity index (χ1v) is 6.66. The van der Waals surface area contributed by atoms with Crippen molar-refractivity contribution >= 4 is 15.9 Å². The fourth-order valence-corrected chi connectivity index (χ4v) is 2.32. The van der Waals surface area contributed by atoms with E-state index in [1.807, 2.05) is 0 Å². The Labute approximate surface area is 105 Å². The zero-order valence-corrected chi connectivity index (χ0v) is 10.2. The highest BCUT2D eigenvalue weighted by Crippen LogP contribution is 2.12. The van der Waals surface area contributed by atoms with Crippen molar-refractivity contribution in [1.82, 2.24) is 0 Å². The van der Waals surface area contributed by atoms with E-state index in [-0.39, 0.29) is 10.5 Å². The van der Waals surface area contributed by atoms with Crippen LogP contribution in [0.1, 0.15) is 5.56 Å². The maximum Gasteiger partial charge on any atom is 0.281 e. The van der Waals surface area contributed by atoms with E-state index in [1.54, 1.807) is 36.4 Å². The number of rotatable bonds is 3. The summed E-state index contributed by atoms with van der Waals surface area (Å²) in [5, 5.41) is 11.7. The molecule has 0 heterocycles. The van der Waals surface area contributed by atoms with E-state index >= 15 is 0 Å². The highest BCUT2D eigenvalue weighted by Gasteiger charge is 2.10. The molecule has 4 nitrogen and oxygen atoms in total. The second-order valence-corrected chi connectivity index (χ2v) is 5.15. The molecule has 0 aliphatic rings. The van der Waals surface area contributed by atoms with Crippen LogP contribution in [0.5, 0.6) is 0 Å². The standard InChI is InChI=1S/C13H11NO3S/c15-13(11-7-3-1-4-8-11)14-18(16,17)12-9-5-2-6-10-12/h1-10H,(H,14,15)/p-1. The fraction of sp³-hybridized carbons (Fsp3) is 0. The van der Waals surface area contributed by atoms with Gasteiger partial charge < -0.3 is 5.11 Å². The van der Waals surface area contributed by atoms with E-state index in [2.05, 4.69) is 4.40 Å². The van der Waals surface area contributed by atoms with Gasteiger partial charge in [-0.1, -0.05) is 48.5 Å². The molecule has 0 spiro atoms. The summed E-state index contributed by atoms with van der Waals surface area (Å²) in [5.74, 6) is -0.764. The van der Waals surface area contributed by atoms with Gasteiger partial charge in [0.1, 0.15) is 0 Å². The molecular formula is C13H10NO3S-. The van der Waals surface area contributed by atoms with Crippen LogP contribution >= 0.6 is 0 Å². The molecule has 2 aromatic carbocycles. The van der Waals surface area contributed by atoms with Gasteiger partial charge in [-0.15, -0.1) is 0 Å². The van der Waals surface area contributed by atoms with Gasteiger partial charge >= 0.3 is 0 Å². The number of benzene rings is 2. The average Bonchev–Trinajstić information content (AvgIpc) is 2.40. The van der Waals surface area contributed by atoms with E-state index in [0.717, 1.165) is 0 Å². The molecule has 0 aliphatic carbocycles. The minimum absolute atomic E-state index is 0.00859. The summed E-state index contributed by atoms with van der Waals surface area (Å²) in [5.41, 5.74) is 0.247. The molecule has 0 aromatic heterocycles. The van der Waals surface area contributed by atoms with Gasteiger partial charge in [0.25, 0.3) is 10.0 Å². The molecule has 0 unspecified atom stereocenters. The smallest absolute Gasteiger partial charge is 0.281 e. The molecule has 0 amide bonds. The summed E-state index contributed by atoms with van der Waals surface area (Å²) in [6.45, 7) is 0. The third kappa shape index (κ3) is 2.75. The van der Waals surface area contributed by atoms with Gasteiger partial charge in [0.05, 0.1) is 4.90 Å². The van der Waals surface area contributed by atoms with Crippen molar-refractivity contribution in [3.8, 4) is 0 Å². The molecule has 92 valence electrons. The van der Waals surface area contributed by atoms with E-state index < -0.39 is 15.9 Å². The Kier molecular flexibility index (Phi) is 3.43. The van der Waals surface area contributed by atoms with Crippen molar-refractivity contribution < 1.29 is 13.5 Å². The molecular weight excluding hydrogens is 250 g/mol. The average molecular weight is 260 g/mol. The minimum Gasteiger partial charge on any atom is -0.858 e. The maximum atomic E-state index is 11.8. The molecule has 0 N–H and O–H groups in total. The second kappa shape index (κ2) is 5.01. The predicted molar refractivity (Wildman–Crippen MR) is 66.6 cm³/mol. The summed E-state index contributed by atoms with van der Waals surface area (Å²) in [6.07, 6.45) is 0. The van der Waals surface area contributed by atoms with Crippen LogP contribution in [0.25, 0.3) is 0 Å². The molecule has 0 bridgehead atoms. The van der Waals surface area contributed by atoms with E-state index in [4.69, 9.17) is 0 Å². The first-order valence-electron chi connectivity index (χ1n) is 5.22. The van der Waals surface area contributed by atoms with Crippen LogP contribution in [0, 0.1) is 0 Å². The Morgan fingerprint density at radius 1 is 0.889 bits per heavy atom. The fourth-order valence-electron chi connectivity index (χ4n) is 1.39. The Balaban J connectivity index is 2.39. The third-order valence-corrected chi connectivity index (χ3v) is 3.54. The van der Waals surface area contributed by atoms with Crippen LogP contribution in [-0.2, 0) is 10.0 Å². The monoisotopic (exact) mass is 260 g/mol. The molecule has 0 saturated heterocycles. The van der Waals surface area contributed by atoms with Gasteiger partial charge in [-0.25, -0.2) is 0 Å². The van der Waals surface area contributed by atoms with Crippen molar-refractivity contribution in [2.45, 2.75) is 4.90 Å². The van der Waals surface area contributed by atoms with Crippen molar-refractivity contribution in [2.75, 3.05) is 0 Å². The van der Waals surface area contributed by atoms with Crippen molar-refractivity contribution in [1.29, 1.82) is 0 Å². The van der Waals surface area contributed by atoms with Gasteiger partial charge in [-0.05, 0) is 17.7 Å². The van der Waals surface area contributed by atoms with Gasteiger partial charge in [0.2, 0.25) is 0 Å². The van der Waals surface area contributed by atoms with E-state index in [1.165, 1.54) is 24.3 Å². The van der Waals surface area contributed by atoms with E-state index in [9.17, 15) is 13.5 Å². The van der Waals surface area contributed by atoms with Gasteiger partial charge in [0, 0.05) is 5.90 Å². The van der Waals surface area contributed by atoms with Crippen LogP contribution in [-0.4, -0.2) is 14.3 Å². The van der Waals surface area contributed by atoms with Gasteiger partial charge in [-0.2, -0.15) is 12.8 Å². The van der Waals surface area contributed by atoms with Crippen LogP contribution in [0.3, 0.4) is 0 Å². The normalized spacial score (nSPS) is 12.3. The zero-order valence-electron chi connectivity index (χ0n) is 9.35. The SMILES string of the molecule is O=S(=O)(N=C([O-])c1ccccc1)c1ccccc1. The lowest BCUT2D eigenvalue weighted by atomic mass is 10.2. The largest absolute Gasteiger partial charge is 0.858 e. The molecule has 2 aromatic rings. The zero-order chi connectivity index (χ0) is 13.0. The van der Waals surface area contributed by atoms with Crippen LogP contribution < -0.4 is 5.11 Å². The summed E-state index contributed by atoms with van der Waals surface area (Å²) in [6, 6.07) is 15.7.